The minimum atomic E-state index is -0.649. The van der Waals surface area contributed by atoms with Gasteiger partial charge in [-0.3, -0.25) is 29.4 Å². The molecule has 0 bridgehead atoms. The number of hydrogen-bond donors (Lipinski definition) is 4. The van der Waals surface area contributed by atoms with Gasteiger partial charge in [-0.1, -0.05) is 23.7 Å². The van der Waals surface area contributed by atoms with Crippen molar-refractivity contribution in [1.29, 1.82) is 0 Å². The maximum absolute atomic E-state index is 13.1. The maximum Gasteiger partial charge on any atom is 0.256 e. The number of fused-ring (bicyclic) bond motifs is 3. The third-order valence-corrected chi connectivity index (χ3v) is 9.73. The van der Waals surface area contributed by atoms with Crippen LogP contribution in [0, 0.1) is 33.1 Å². The lowest BCUT2D eigenvalue weighted by Crippen LogP contribution is -2.74. The van der Waals surface area contributed by atoms with Gasteiger partial charge >= 0.3 is 0 Å². The first-order chi connectivity index (χ1) is 21.6. The van der Waals surface area contributed by atoms with E-state index in [9.17, 15) is 14.4 Å². The average Bonchev–Trinajstić information content (AvgIpc) is 3.50. The average molecular weight is 649 g/mol. The first kappa shape index (κ1) is 32.3. The lowest BCUT2D eigenvalue weighted by Gasteiger charge is -2.42. The number of carbonyl (C=O) groups excluding carboxylic acids is 3. The molecule has 236 valence electrons. The van der Waals surface area contributed by atoms with Crippen LogP contribution in [0.25, 0.3) is 5.00 Å². The van der Waals surface area contributed by atoms with Crippen molar-refractivity contribution in [2.24, 2.45) is 4.99 Å². The number of aromatic nitrogens is 3. The van der Waals surface area contributed by atoms with Crippen LogP contribution in [0.1, 0.15) is 84.2 Å². The predicted molar refractivity (Wildman–Crippen MR) is 174 cm³/mol. The Morgan fingerprint density at radius 1 is 1.09 bits per heavy atom. The fraction of sp³-hybridized carbons (Fsp3) is 0.438. The highest BCUT2D eigenvalue weighted by Crippen LogP contribution is 2.39. The van der Waals surface area contributed by atoms with Gasteiger partial charge in [0.2, 0.25) is 11.8 Å². The van der Waals surface area contributed by atoms with E-state index in [2.05, 4.69) is 51.5 Å². The van der Waals surface area contributed by atoms with Gasteiger partial charge in [0.05, 0.1) is 12.1 Å². The maximum atomic E-state index is 13.1. The van der Waals surface area contributed by atoms with Crippen LogP contribution in [-0.4, -0.2) is 56.8 Å². The molecule has 1 aromatic carbocycles. The van der Waals surface area contributed by atoms with Crippen molar-refractivity contribution >= 4 is 46.4 Å². The van der Waals surface area contributed by atoms with Crippen LogP contribution in [0.2, 0.25) is 5.02 Å². The van der Waals surface area contributed by atoms with E-state index in [1.54, 1.807) is 11.3 Å². The number of hydrogen-bond acceptors (Lipinski definition) is 8. The summed E-state index contributed by atoms with van der Waals surface area (Å²) in [7, 11) is 0. The molecule has 1 unspecified atom stereocenters. The first-order valence-electron chi connectivity index (χ1n) is 15.0. The molecule has 0 saturated carbocycles. The van der Waals surface area contributed by atoms with Crippen molar-refractivity contribution in [3.05, 3.63) is 62.5 Å². The molecule has 0 radical (unpaired) electrons. The molecule has 1 fully saturated rings. The summed E-state index contributed by atoms with van der Waals surface area (Å²) in [6, 6.07) is 6.97. The van der Waals surface area contributed by atoms with Crippen molar-refractivity contribution < 1.29 is 14.4 Å². The van der Waals surface area contributed by atoms with Crippen molar-refractivity contribution in [1.82, 2.24) is 36.2 Å². The molecule has 2 atom stereocenters. The van der Waals surface area contributed by atoms with Crippen LogP contribution in [0.3, 0.4) is 0 Å². The van der Waals surface area contributed by atoms with Gasteiger partial charge in [-0.15, -0.1) is 33.9 Å². The number of benzene rings is 1. The second-order valence-corrected chi connectivity index (χ2v) is 13.0. The van der Waals surface area contributed by atoms with Gasteiger partial charge in [-0.05, 0) is 64.2 Å². The van der Waals surface area contributed by atoms with Crippen molar-refractivity contribution in [3.8, 4) is 17.3 Å². The lowest BCUT2D eigenvalue weighted by atomic mass is 9.84. The van der Waals surface area contributed by atoms with Crippen molar-refractivity contribution in [2.75, 3.05) is 13.1 Å². The summed E-state index contributed by atoms with van der Waals surface area (Å²) in [5.41, 5.74) is 8.73. The molecule has 2 aliphatic rings. The summed E-state index contributed by atoms with van der Waals surface area (Å²) in [5, 5.41) is 16.1. The van der Waals surface area contributed by atoms with Gasteiger partial charge < -0.3 is 10.6 Å². The van der Waals surface area contributed by atoms with Crippen LogP contribution in [-0.2, 0) is 14.4 Å². The second-order valence-electron chi connectivity index (χ2n) is 11.4. The van der Waals surface area contributed by atoms with Crippen LogP contribution < -0.4 is 21.5 Å². The fourth-order valence-corrected chi connectivity index (χ4v) is 7.02. The molecular formula is C32H37ClN8O3S. The molecule has 5 rings (SSSR count). The molecule has 4 heterocycles. The molecule has 2 aliphatic heterocycles. The zero-order valence-electron chi connectivity index (χ0n) is 25.6. The molecule has 11 nitrogen and oxygen atoms in total. The highest BCUT2D eigenvalue weighted by molar-refractivity contribution is 7.15. The van der Waals surface area contributed by atoms with Gasteiger partial charge in [0, 0.05) is 47.0 Å². The summed E-state index contributed by atoms with van der Waals surface area (Å²) < 4.78 is 2.01. The first-order valence-corrected chi connectivity index (χ1v) is 16.2. The Morgan fingerprint density at radius 3 is 2.47 bits per heavy atom. The molecular weight excluding hydrogens is 612 g/mol. The van der Waals surface area contributed by atoms with E-state index in [1.165, 1.54) is 4.88 Å². The number of nitrogens with one attached hydrogen (secondary N) is 4. The number of nitrogens with zero attached hydrogens (tertiary/aromatic N) is 4. The third kappa shape index (κ3) is 6.96. The summed E-state index contributed by atoms with van der Waals surface area (Å²) in [4.78, 5) is 44.0. The highest BCUT2D eigenvalue weighted by Gasteiger charge is 2.44. The topological polar surface area (TPSA) is 142 Å². The molecule has 13 heteroatoms. The van der Waals surface area contributed by atoms with Gasteiger partial charge in [0.25, 0.3) is 5.91 Å². The van der Waals surface area contributed by atoms with E-state index >= 15 is 0 Å². The molecule has 0 aliphatic carbocycles. The Labute approximate surface area is 271 Å². The Kier molecular flexibility index (Phi) is 10.0. The van der Waals surface area contributed by atoms with E-state index in [-0.39, 0.29) is 43.7 Å². The number of thiophene rings is 1. The molecule has 0 spiro atoms. The quantitative estimate of drug-likeness (QED) is 0.164. The van der Waals surface area contributed by atoms with E-state index in [1.807, 2.05) is 35.8 Å². The number of terminal acetylenes is 1. The SMILES string of the molecule is C#CCCCC1(CCCC(=O)NCCNC(=O)C[C@H]2N=C(c3ccc(Cl)cc3)c3c(sc(C)c3C)-n3c(C)nnc32)NNC1=O. The molecule has 1 saturated heterocycles. The largest absolute Gasteiger partial charge is 0.354 e. The van der Waals surface area contributed by atoms with Crippen molar-refractivity contribution in [3.63, 3.8) is 0 Å². The standard InChI is InChI=1S/C32H37ClN8O3S/c1-5-6-7-14-32(31(44)39-40-32)15-8-9-25(42)34-16-17-35-26(43)18-24-29-38-37-21(4)41(29)30-27(19(2)20(3)45-30)28(36-24)22-10-12-23(33)13-11-22/h1,10-13,24,40H,6-9,14-18H2,2-4H3,(H,34,42)(H,35,43)(H,39,44)/t24-,32?/m1/s1. The van der Waals surface area contributed by atoms with Gasteiger partial charge in [0.1, 0.15) is 22.4 Å². The van der Waals surface area contributed by atoms with E-state index < -0.39 is 11.6 Å². The van der Waals surface area contributed by atoms with Crippen LogP contribution in [0.15, 0.2) is 29.3 Å². The Balaban J connectivity index is 1.19. The Morgan fingerprint density at radius 2 is 1.80 bits per heavy atom. The number of rotatable bonds is 13. The third-order valence-electron chi connectivity index (χ3n) is 8.29. The number of amides is 3. The fourth-order valence-electron chi connectivity index (χ4n) is 5.68. The zero-order chi connectivity index (χ0) is 32.1. The number of unbranched alkanes of at least 4 members (excludes halogenated alkanes) is 1. The monoisotopic (exact) mass is 648 g/mol. The van der Waals surface area contributed by atoms with Crippen molar-refractivity contribution in [2.45, 2.75) is 77.3 Å². The predicted octanol–water partition coefficient (Wildman–Crippen LogP) is 3.77. The number of aryl methyl sites for hydroxylation is 2. The zero-order valence-corrected chi connectivity index (χ0v) is 27.2. The summed E-state index contributed by atoms with van der Waals surface area (Å²) >= 11 is 7.84. The molecule has 4 N–H and O–H groups in total. The smallest absolute Gasteiger partial charge is 0.256 e. The minimum Gasteiger partial charge on any atom is -0.354 e. The van der Waals surface area contributed by atoms with Crippen LogP contribution in [0.5, 0.6) is 0 Å². The number of halogens is 1. The number of carbonyl (C=O) groups is 3. The van der Waals surface area contributed by atoms with E-state index in [4.69, 9.17) is 23.0 Å². The number of aliphatic imine (C=N–C) groups is 1. The summed E-state index contributed by atoms with van der Waals surface area (Å²) in [6.45, 7) is 6.61. The summed E-state index contributed by atoms with van der Waals surface area (Å²) in [6.07, 6.45) is 8.74. The van der Waals surface area contributed by atoms with Gasteiger partial charge in [-0.2, -0.15) is 0 Å². The van der Waals surface area contributed by atoms with Gasteiger partial charge in [-0.25, -0.2) is 5.43 Å². The molecule has 45 heavy (non-hydrogen) atoms. The van der Waals surface area contributed by atoms with Gasteiger partial charge in [0.15, 0.2) is 5.82 Å². The van der Waals surface area contributed by atoms with Crippen LogP contribution >= 0.6 is 22.9 Å². The Bertz CT molecular complexity index is 1670. The minimum absolute atomic E-state index is 0.0600. The highest BCUT2D eigenvalue weighted by atomic mass is 35.5. The summed E-state index contributed by atoms with van der Waals surface area (Å²) in [5.74, 6) is 3.51. The van der Waals surface area contributed by atoms with E-state index in [0.717, 1.165) is 39.6 Å². The normalized spacial score (nSPS) is 18.4. The molecule has 2 aromatic heterocycles. The Hall–Kier alpha value is -4.05. The lowest BCUT2D eigenvalue weighted by molar-refractivity contribution is -0.141. The molecule has 3 amide bonds. The van der Waals surface area contributed by atoms with E-state index in [0.29, 0.717) is 36.5 Å². The van der Waals surface area contributed by atoms with Crippen LogP contribution in [0.4, 0.5) is 0 Å². The molecule has 3 aromatic rings. The number of hydrazine groups is 1. The second kappa shape index (κ2) is 13.9.